The highest BCUT2D eigenvalue weighted by Gasteiger charge is 2.19. The van der Waals surface area contributed by atoms with E-state index in [-0.39, 0.29) is 23.4 Å². The molecule has 0 spiro atoms. The van der Waals surface area contributed by atoms with Crippen molar-refractivity contribution in [1.82, 2.24) is 10.2 Å². The van der Waals surface area contributed by atoms with E-state index in [1.165, 1.54) is 12.1 Å². The van der Waals surface area contributed by atoms with Crippen LogP contribution in [-0.2, 0) is 4.79 Å². The highest BCUT2D eigenvalue weighted by molar-refractivity contribution is 5.92. The molecule has 0 aliphatic carbocycles. The van der Waals surface area contributed by atoms with Gasteiger partial charge >= 0.3 is 0 Å². The van der Waals surface area contributed by atoms with Gasteiger partial charge in [-0.15, -0.1) is 0 Å². The summed E-state index contributed by atoms with van der Waals surface area (Å²) in [6.07, 6.45) is 2.26. The Balaban J connectivity index is 1.48. The lowest BCUT2D eigenvalue weighted by atomic mass is 10.2. The van der Waals surface area contributed by atoms with Crippen LogP contribution in [0.4, 0.5) is 4.39 Å². The number of carbonyl (C=O) groups is 2. The van der Waals surface area contributed by atoms with Crippen molar-refractivity contribution in [2.45, 2.75) is 19.3 Å². The summed E-state index contributed by atoms with van der Waals surface area (Å²) in [7, 11) is 0. The Bertz CT molecular complexity index is 724. The topological polar surface area (TPSA) is 62.6 Å². The molecule has 1 fully saturated rings. The molecule has 24 heavy (non-hydrogen) atoms. The number of amides is 2. The first-order chi connectivity index (χ1) is 11.6. The van der Waals surface area contributed by atoms with Crippen LogP contribution >= 0.6 is 0 Å². The fourth-order valence-electron chi connectivity index (χ4n) is 2.73. The van der Waals surface area contributed by atoms with Crippen molar-refractivity contribution in [1.29, 1.82) is 0 Å². The first-order valence-corrected chi connectivity index (χ1v) is 8.05. The van der Waals surface area contributed by atoms with E-state index in [1.54, 1.807) is 24.3 Å². The molecular weight excluding hydrogens is 311 g/mol. The van der Waals surface area contributed by atoms with Crippen LogP contribution in [0, 0.1) is 5.82 Å². The highest BCUT2D eigenvalue weighted by Crippen LogP contribution is 2.22. The predicted molar refractivity (Wildman–Crippen MR) is 86.9 cm³/mol. The second kappa shape index (κ2) is 7.29. The number of halogens is 1. The molecule has 2 amide bonds. The summed E-state index contributed by atoms with van der Waals surface area (Å²) in [6.45, 7) is 1.96. The number of hydrogen-bond acceptors (Lipinski definition) is 3. The third-order valence-electron chi connectivity index (χ3n) is 4.02. The molecule has 1 N–H and O–H groups in total. The molecular formula is C18H19FN2O3. The number of furan rings is 1. The van der Waals surface area contributed by atoms with Crippen molar-refractivity contribution in [2.75, 3.05) is 19.6 Å². The summed E-state index contributed by atoms with van der Waals surface area (Å²) < 4.78 is 18.4. The van der Waals surface area contributed by atoms with Crippen LogP contribution < -0.4 is 5.32 Å². The molecule has 5 nitrogen and oxygen atoms in total. The van der Waals surface area contributed by atoms with Gasteiger partial charge in [0.1, 0.15) is 11.6 Å². The van der Waals surface area contributed by atoms with Crippen LogP contribution in [0.15, 0.2) is 40.8 Å². The Morgan fingerprint density at radius 2 is 2.00 bits per heavy atom. The second-order valence-electron chi connectivity index (χ2n) is 5.76. The Hall–Kier alpha value is -2.63. The summed E-state index contributed by atoms with van der Waals surface area (Å²) in [6, 6.07) is 9.17. The molecule has 2 aromatic rings. The Kier molecular flexibility index (Phi) is 4.93. The molecule has 126 valence electrons. The SMILES string of the molecule is O=C(NCCCN1CCCC1=O)c1ccc(-c2ccc(F)cc2)o1. The second-order valence-corrected chi connectivity index (χ2v) is 5.76. The Labute approximate surface area is 139 Å². The summed E-state index contributed by atoms with van der Waals surface area (Å²) in [5.74, 6) is 0.307. The van der Waals surface area contributed by atoms with Gasteiger partial charge < -0.3 is 14.6 Å². The number of nitrogens with zero attached hydrogens (tertiary/aromatic N) is 1. The van der Waals surface area contributed by atoms with Crippen molar-refractivity contribution in [2.24, 2.45) is 0 Å². The molecule has 0 saturated carbocycles. The van der Waals surface area contributed by atoms with E-state index in [4.69, 9.17) is 4.42 Å². The van der Waals surface area contributed by atoms with E-state index in [0.717, 1.165) is 13.0 Å². The van der Waals surface area contributed by atoms with Crippen molar-refractivity contribution in [3.8, 4) is 11.3 Å². The minimum Gasteiger partial charge on any atom is -0.451 e. The molecule has 1 aromatic carbocycles. The Morgan fingerprint density at radius 3 is 2.71 bits per heavy atom. The van der Waals surface area contributed by atoms with Gasteiger partial charge in [-0.2, -0.15) is 0 Å². The minimum atomic E-state index is -0.320. The lowest BCUT2D eigenvalue weighted by Gasteiger charge is -2.14. The average molecular weight is 330 g/mol. The molecule has 0 radical (unpaired) electrons. The van der Waals surface area contributed by atoms with Gasteiger partial charge in [-0.05, 0) is 49.2 Å². The number of nitrogens with one attached hydrogen (secondary N) is 1. The third kappa shape index (κ3) is 3.82. The normalized spacial score (nSPS) is 14.2. The van der Waals surface area contributed by atoms with Gasteiger partial charge in [0.05, 0.1) is 0 Å². The summed E-state index contributed by atoms with van der Waals surface area (Å²) in [5.41, 5.74) is 0.711. The molecule has 0 atom stereocenters. The molecule has 0 unspecified atom stereocenters. The summed E-state index contributed by atoms with van der Waals surface area (Å²) in [5, 5.41) is 2.78. The maximum absolute atomic E-state index is 12.9. The molecule has 1 aliphatic heterocycles. The maximum Gasteiger partial charge on any atom is 0.287 e. The zero-order valence-electron chi connectivity index (χ0n) is 13.3. The number of rotatable bonds is 6. The van der Waals surface area contributed by atoms with Crippen LogP contribution in [0.25, 0.3) is 11.3 Å². The van der Waals surface area contributed by atoms with Gasteiger partial charge in [-0.1, -0.05) is 0 Å². The van der Waals surface area contributed by atoms with Crippen LogP contribution in [-0.4, -0.2) is 36.3 Å². The first kappa shape index (κ1) is 16.2. The molecule has 3 rings (SSSR count). The zero-order chi connectivity index (χ0) is 16.9. The van der Waals surface area contributed by atoms with E-state index < -0.39 is 0 Å². The molecule has 1 aliphatic rings. The molecule has 6 heteroatoms. The first-order valence-electron chi connectivity index (χ1n) is 8.05. The van der Waals surface area contributed by atoms with E-state index >= 15 is 0 Å². The van der Waals surface area contributed by atoms with Gasteiger partial charge in [-0.25, -0.2) is 4.39 Å². The van der Waals surface area contributed by atoms with Gasteiger partial charge in [0, 0.05) is 31.6 Å². The van der Waals surface area contributed by atoms with Gasteiger partial charge in [0.15, 0.2) is 5.76 Å². The molecule has 1 aromatic heterocycles. The fraction of sp³-hybridized carbons (Fsp3) is 0.333. The largest absolute Gasteiger partial charge is 0.451 e. The highest BCUT2D eigenvalue weighted by atomic mass is 19.1. The minimum absolute atomic E-state index is 0.191. The van der Waals surface area contributed by atoms with E-state index in [2.05, 4.69) is 5.32 Å². The van der Waals surface area contributed by atoms with Crippen LogP contribution in [0.2, 0.25) is 0 Å². The monoisotopic (exact) mass is 330 g/mol. The lowest BCUT2D eigenvalue weighted by Crippen LogP contribution is -2.30. The van der Waals surface area contributed by atoms with Gasteiger partial charge in [0.25, 0.3) is 5.91 Å². The van der Waals surface area contributed by atoms with E-state index in [1.807, 2.05) is 4.90 Å². The van der Waals surface area contributed by atoms with Crippen molar-refractivity contribution in [3.05, 3.63) is 48.0 Å². The average Bonchev–Trinajstić information content (AvgIpc) is 3.22. The smallest absolute Gasteiger partial charge is 0.287 e. The summed E-state index contributed by atoms with van der Waals surface area (Å²) in [4.78, 5) is 25.4. The van der Waals surface area contributed by atoms with Crippen LogP contribution in [0.1, 0.15) is 29.8 Å². The fourth-order valence-corrected chi connectivity index (χ4v) is 2.73. The number of benzene rings is 1. The molecule has 0 bridgehead atoms. The number of carbonyl (C=O) groups excluding carboxylic acids is 2. The number of likely N-dealkylation sites (tertiary alicyclic amines) is 1. The molecule has 1 saturated heterocycles. The maximum atomic E-state index is 12.9. The lowest BCUT2D eigenvalue weighted by molar-refractivity contribution is -0.127. The van der Waals surface area contributed by atoms with E-state index in [0.29, 0.717) is 37.3 Å². The van der Waals surface area contributed by atoms with Crippen molar-refractivity contribution < 1.29 is 18.4 Å². The van der Waals surface area contributed by atoms with Crippen molar-refractivity contribution >= 4 is 11.8 Å². The van der Waals surface area contributed by atoms with Crippen molar-refractivity contribution in [3.63, 3.8) is 0 Å². The molecule has 2 heterocycles. The van der Waals surface area contributed by atoms with E-state index in [9.17, 15) is 14.0 Å². The standard InChI is InChI=1S/C18H19FN2O3/c19-14-6-4-13(5-7-14)15-8-9-16(24-15)18(23)20-10-2-12-21-11-1-3-17(21)22/h4-9H,1-3,10-12H2,(H,20,23). The van der Waals surface area contributed by atoms with Crippen LogP contribution in [0.5, 0.6) is 0 Å². The van der Waals surface area contributed by atoms with Gasteiger partial charge in [-0.3, -0.25) is 9.59 Å². The Morgan fingerprint density at radius 1 is 1.21 bits per heavy atom. The zero-order valence-corrected chi connectivity index (χ0v) is 13.3. The van der Waals surface area contributed by atoms with Crippen LogP contribution in [0.3, 0.4) is 0 Å². The third-order valence-corrected chi connectivity index (χ3v) is 4.02. The number of hydrogen-bond donors (Lipinski definition) is 1. The quantitative estimate of drug-likeness (QED) is 0.829. The predicted octanol–water partition coefficient (Wildman–Crippen LogP) is 2.83. The summed E-state index contributed by atoms with van der Waals surface area (Å²) >= 11 is 0. The van der Waals surface area contributed by atoms with Gasteiger partial charge in [0.2, 0.25) is 5.91 Å².